The maximum Gasteiger partial charge on any atom is 0.314 e. The van der Waals surface area contributed by atoms with E-state index in [1.807, 2.05) is 6.92 Å². The third-order valence-corrected chi connectivity index (χ3v) is 3.76. The number of ketones is 2. The van der Waals surface area contributed by atoms with Gasteiger partial charge in [0, 0.05) is 6.42 Å². The second-order valence-electron chi connectivity index (χ2n) is 6.16. The van der Waals surface area contributed by atoms with Gasteiger partial charge >= 0.3 is 5.97 Å². The molecule has 1 N–H and O–H groups in total. The van der Waals surface area contributed by atoms with Crippen LogP contribution in [-0.2, 0) is 19.2 Å². The van der Waals surface area contributed by atoms with Crippen LogP contribution in [0.5, 0.6) is 0 Å². The van der Waals surface area contributed by atoms with Gasteiger partial charge in [-0.25, -0.2) is 0 Å². The zero-order valence-corrected chi connectivity index (χ0v) is 13.3. The molecule has 0 saturated heterocycles. The highest BCUT2D eigenvalue weighted by molar-refractivity contribution is 6.26. The van der Waals surface area contributed by atoms with Gasteiger partial charge in [-0.3, -0.25) is 14.4 Å². The van der Waals surface area contributed by atoms with E-state index in [1.54, 1.807) is 13.8 Å². The molecule has 0 heterocycles. The minimum absolute atomic E-state index is 0.0323. The maximum atomic E-state index is 12.6. The molecule has 122 valence electrons. The molecule has 1 rings (SSSR count). The zero-order chi connectivity index (χ0) is 16.9. The van der Waals surface area contributed by atoms with Crippen LogP contribution in [0.15, 0.2) is 17.8 Å². The second-order valence-corrected chi connectivity index (χ2v) is 6.16. The lowest BCUT2D eigenvalue weighted by Crippen LogP contribution is -2.51. The second kappa shape index (κ2) is 7.33. The van der Waals surface area contributed by atoms with Gasteiger partial charge in [0.05, 0.1) is 5.71 Å². The molecule has 0 radical (unpaired) electrons. The quantitative estimate of drug-likeness (QED) is 0.256. The van der Waals surface area contributed by atoms with Crippen molar-refractivity contribution >= 4 is 23.2 Å². The van der Waals surface area contributed by atoms with Crippen LogP contribution >= 0.6 is 0 Å². The van der Waals surface area contributed by atoms with E-state index < -0.39 is 29.0 Å². The van der Waals surface area contributed by atoms with Gasteiger partial charge in [0.1, 0.15) is 24.2 Å². The van der Waals surface area contributed by atoms with Crippen molar-refractivity contribution in [2.75, 3.05) is 6.61 Å². The van der Waals surface area contributed by atoms with Crippen molar-refractivity contribution in [1.29, 1.82) is 0 Å². The first-order valence-corrected chi connectivity index (χ1v) is 7.35. The minimum atomic E-state index is -1.21. The number of oxime groups is 1. The molecule has 1 aliphatic carbocycles. The summed E-state index contributed by atoms with van der Waals surface area (Å²) in [6.45, 7) is 8.80. The number of carboxylic acids is 1. The SMILES string of the molecule is C=CCO/N=C(\CCC)C1C(=O)CC(C)(C)C(C(=O)O)C1=O. The molecule has 1 fully saturated rings. The van der Waals surface area contributed by atoms with Crippen molar-refractivity contribution in [1.82, 2.24) is 0 Å². The summed E-state index contributed by atoms with van der Waals surface area (Å²) in [7, 11) is 0. The molecule has 1 aliphatic rings. The van der Waals surface area contributed by atoms with E-state index in [4.69, 9.17) is 4.84 Å². The van der Waals surface area contributed by atoms with Crippen molar-refractivity contribution in [2.24, 2.45) is 22.4 Å². The zero-order valence-electron chi connectivity index (χ0n) is 13.3. The summed E-state index contributed by atoms with van der Waals surface area (Å²) in [5, 5.41) is 13.2. The molecule has 0 aliphatic heterocycles. The van der Waals surface area contributed by atoms with Gasteiger partial charge in [-0.05, 0) is 11.8 Å². The highest BCUT2D eigenvalue weighted by Crippen LogP contribution is 2.40. The third kappa shape index (κ3) is 3.81. The van der Waals surface area contributed by atoms with Crippen LogP contribution in [-0.4, -0.2) is 35.0 Å². The number of hydrogen-bond acceptors (Lipinski definition) is 5. The van der Waals surface area contributed by atoms with E-state index in [0.29, 0.717) is 18.6 Å². The Morgan fingerprint density at radius 2 is 2.14 bits per heavy atom. The maximum absolute atomic E-state index is 12.6. The van der Waals surface area contributed by atoms with Crippen LogP contribution in [0.1, 0.15) is 40.0 Å². The van der Waals surface area contributed by atoms with Crippen molar-refractivity contribution in [3.05, 3.63) is 12.7 Å². The van der Waals surface area contributed by atoms with Gasteiger partial charge in [-0.15, -0.1) is 0 Å². The Hall–Kier alpha value is -1.98. The smallest absolute Gasteiger partial charge is 0.314 e. The molecule has 22 heavy (non-hydrogen) atoms. The Morgan fingerprint density at radius 3 is 2.64 bits per heavy atom. The molecule has 6 heteroatoms. The average molecular weight is 309 g/mol. The largest absolute Gasteiger partial charge is 0.481 e. The molecule has 1 saturated carbocycles. The first-order valence-electron chi connectivity index (χ1n) is 7.35. The normalized spacial score (nSPS) is 25.0. The lowest BCUT2D eigenvalue weighted by Gasteiger charge is -2.37. The Kier molecular flexibility index (Phi) is 6.02. The lowest BCUT2D eigenvalue weighted by molar-refractivity contribution is -0.156. The van der Waals surface area contributed by atoms with Crippen molar-refractivity contribution < 1.29 is 24.3 Å². The van der Waals surface area contributed by atoms with Crippen molar-refractivity contribution in [3.63, 3.8) is 0 Å². The highest BCUT2D eigenvalue weighted by Gasteiger charge is 2.52. The van der Waals surface area contributed by atoms with Crippen LogP contribution in [0.4, 0.5) is 0 Å². The van der Waals surface area contributed by atoms with E-state index in [-0.39, 0.29) is 18.8 Å². The summed E-state index contributed by atoms with van der Waals surface area (Å²) >= 11 is 0. The lowest BCUT2D eigenvalue weighted by atomic mass is 9.63. The van der Waals surface area contributed by atoms with Crippen LogP contribution < -0.4 is 0 Å². The summed E-state index contributed by atoms with van der Waals surface area (Å²) in [6, 6.07) is 0. The fraction of sp³-hybridized carbons (Fsp3) is 0.625. The van der Waals surface area contributed by atoms with Crippen molar-refractivity contribution in [3.8, 4) is 0 Å². The Labute approximate surface area is 130 Å². The number of rotatable bonds is 7. The fourth-order valence-electron chi connectivity index (χ4n) is 2.84. The Balaban J connectivity index is 3.16. The predicted molar refractivity (Wildman–Crippen MR) is 81.5 cm³/mol. The first kappa shape index (κ1) is 18.1. The van der Waals surface area contributed by atoms with Gasteiger partial charge in [0.25, 0.3) is 0 Å². The van der Waals surface area contributed by atoms with Gasteiger partial charge in [0.2, 0.25) is 0 Å². The van der Waals surface area contributed by atoms with E-state index in [1.165, 1.54) is 6.08 Å². The van der Waals surface area contributed by atoms with Crippen LogP contribution in [0.3, 0.4) is 0 Å². The molecule has 0 aromatic heterocycles. The third-order valence-electron chi connectivity index (χ3n) is 3.76. The number of carboxylic acid groups (broad SMARTS) is 1. The number of nitrogens with zero attached hydrogens (tertiary/aromatic N) is 1. The van der Waals surface area contributed by atoms with Gasteiger partial charge in [0.15, 0.2) is 5.78 Å². The minimum Gasteiger partial charge on any atom is -0.481 e. The molecule has 0 amide bonds. The number of hydrogen-bond donors (Lipinski definition) is 1. The summed E-state index contributed by atoms with van der Waals surface area (Å²) in [5.74, 6) is -4.41. The summed E-state index contributed by atoms with van der Waals surface area (Å²) in [5.41, 5.74) is -0.586. The average Bonchev–Trinajstić information content (AvgIpc) is 2.36. The van der Waals surface area contributed by atoms with E-state index in [9.17, 15) is 19.5 Å². The monoisotopic (exact) mass is 309 g/mol. The standard InChI is InChI=1S/C16H23NO5/c1-5-7-10(17-22-8-6-2)12-11(18)9-16(3,4)13(14(12)19)15(20)21/h6,12-13H,2,5,7-9H2,1,3-4H3,(H,20,21)/b17-10+. The summed E-state index contributed by atoms with van der Waals surface area (Å²) in [6.07, 6.45) is 2.62. The molecule has 0 bridgehead atoms. The number of Topliss-reactive ketones (excluding diaryl/α,β-unsaturated/α-hetero) is 2. The van der Waals surface area contributed by atoms with Crippen LogP contribution in [0.2, 0.25) is 0 Å². The number of carbonyl (C=O) groups is 3. The topological polar surface area (TPSA) is 93.0 Å². The van der Waals surface area contributed by atoms with Crippen LogP contribution in [0.25, 0.3) is 0 Å². The number of aliphatic carboxylic acids is 1. The van der Waals surface area contributed by atoms with Gasteiger partial charge in [-0.2, -0.15) is 0 Å². The molecule has 0 aromatic rings. The Bertz CT molecular complexity index is 507. The van der Waals surface area contributed by atoms with E-state index >= 15 is 0 Å². The fourth-order valence-corrected chi connectivity index (χ4v) is 2.84. The van der Waals surface area contributed by atoms with Gasteiger partial charge in [-0.1, -0.05) is 45.0 Å². The summed E-state index contributed by atoms with van der Waals surface area (Å²) < 4.78 is 0. The highest BCUT2D eigenvalue weighted by atomic mass is 16.6. The number of carbonyl (C=O) groups excluding carboxylic acids is 2. The molecule has 2 unspecified atom stereocenters. The van der Waals surface area contributed by atoms with E-state index in [2.05, 4.69) is 11.7 Å². The molecular weight excluding hydrogens is 286 g/mol. The molecule has 0 spiro atoms. The van der Waals surface area contributed by atoms with E-state index in [0.717, 1.165) is 0 Å². The van der Waals surface area contributed by atoms with Gasteiger partial charge < -0.3 is 9.94 Å². The Morgan fingerprint density at radius 1 is 1.50 bits per heavy atom. The van der Waals surface area contributed by atoms with Crippen LogP contribution in [0, 0.1) is 17.3 Å². The summed E-state index contributed by atoms with van der Waals surface area (Å²) in [4.78, 5) is 41.4. The molecule has 6 nitrogen and oxygen atoms in total. The molecular formula is C16H23NO5. The van der Waals surface area contributed by atoms with Crippen molar-refractivity contribution in [2.45, 2.75) is 40.0 Å². The molecule has 2 atom stereocenters. The first-order chi connectivity index (χ1) is 10.3. The predicted octanol–water partition coefficient (Wildman–Crippen LogP) is 2.23. The molecule has 0 aromatic carbocycles.